The van der Waals surface area contributed by atoms with Gasteiger partial charge in [0.25, 0.3) is 0 Å². The fraction of sp³-hybridized carbons (Fsp3) is 0.235. The van der Waals surface area contributed by atoms with Crippen molar-refractivity contribution >= 4 is 27.6 Å². The maximum absolute atomic E-state index is 12.9. The number of para-hydroxylation sites is 1. The molecule has 140 valence electrons. The highest BCUT2D eigenvalue weighted by molar-refractivity contribution is 7.89. The van der Waals surface area contributed by atoms with E-state index < -0.39 is 10.0 Å². The smallest absolute Gasteiger partial charge is 0.250 e. The number of hydrogen-bond acceptors (Lipinski definition) is 6. The number of piperazine rings is 1. The molecule has 0 saturated carbocycles. The molecule has 0 radical (unpaired) electrons. The van der Waals surface area contributed by atoms with Gasteiger partial charge < -0.3 is 4.90 Å². The van der Waals surface area contributed by atoms with Crippen LogP contribution in [0.25, 0.3) is 5.69 Å². The Kier molecular flexibility index (Phi) is 4.81. The Bertz CT molecular complexity index is 1030. The Morgan fingerprint density at radius 2 is 1.56 bits per heavy atom. The van der Waals surface area contributed by atoms with E-state index in [1.54, 1.807) is 22.9 Å². The molecule has 0 bridgehead atoms. The van der Waals surface area contributed by atoms with E-state index in [1.165, 1.54) is 10.4 Å². The molecule has 8 nitrogen and oxygen atoms in total. The molecule has 4 rings (SSSR count). The highest BCUT2D eigenvalue weighted by Crippen LogP contribution is 2.26. The molecule has 3 aromatic rings. The van der Waals surface area contributed by atoms with E-state index in [-0.39, 0.29) is 9.92 Å². The summed E-state index contributed by atoms with van der Waals surface area (Å²) in [7, 11) is -3.63. The second-order valence-corrected chi connectivity index (χ2v) is 8.36. The van der Waals surface area contributed by atoms with Gasteiger partial charge in [0.15, 0.2) is 0 Å². The minimum Gasteiger partial charge on any atom is -0.337 e. The number of benzene rings is 2. The second kappa shape index (κ2) is 7.26. The van der Waals surface area contributed by atoms with Gasteiger partial charge in [0, 0.05) is 26.2 Å². The van der Waals surface area contributed by atoms with E-state index in [4.69, 9.17) is 11.6 Å². The van der Waals surface area contributed by atoms with Gasteiger partial charge in [-0.1, -0.05) is 47.0 Å². The topological polar surface area (TPSA) is 84.2 Å². The summed E-state index contributed by atoms with van der Waals surface area (Å²) in [5, 5.41) is 12.2. The zero-order valence-electron chi connectivity index (χ0n) is 14.3. The van der Waals surface area contributed by atoms with Crippen LogP contribution in [0.2, 0.25) is 5.02 Å². The highest BCUT2D eigenvalue weighted by Gasteiger charge is 2.31. The van der Waals surface area contributed by atoms with Crippen molar-refractivity contribution in [2.45, 2.75) is 4.90 Å². The molecule has 27 heavy (non-hydrogen) atoms. The zero-order chi connectivity index (χ0) is 18.9. The molecule has 1 saturated heterocycles. The Balaban J connectivity index is 1.52. The lowest BCUT2D eigenvalue weighted by Crippen LogP contribution is -2.49. The molecule has 0 amide bonds. The van der Waals surface area contributed by atoms with Crippen LogP contribution in [0, 0.1) is 0 Å². The van der Waals surface area contributed by atoms with Gasteiger partial charge in [0.2, 0.25) is 16.0 Å². The number of sulfonamides is 1. The minimum absolute atomic E-state index is 0.134. The molecule has 1 aromatic heterocycles. The molecule has 2 heterocycles. The van der Waals surface area contributed by atoms with Gasteiger partial charge in [-0.25, -0.2) is 8.42 Å². The molecule has 0 atom stereocenters. The Morgan fingerprint density at radius 1 is 0.889 bits per heavy atom. The van der Waals surface area contributed by atoms with Gasteiger partial charge in [-0.05, 0) is 34.7 Å². The number of hydrogen-bond donors (Lipinski definition) is 0. The van der Waals surface area contributed by atoms with Crippen LogP contribution in [0.1, 0.15) is 0 Å². The molecular formula is C17H17ClN6O2S. The van der Waals surface area contributed by atoms with Crippen LogP contribution in [-0.2, 0) is 10.0 Å². The standard InChI is InChI=1S/C17H17ClN6O2S/c18-15-8-4-5-9-16(15)27(25,26)23-12-10-22(11-13-23)17-19-20-21-24(17)14-6-2-1-3-7-14/h1-9H,10-13H2. The SMILES string of the molecule is O=S(=O)(c1ccccc1Cl)N1CCN(c2nnnn2-c2ccccc2)CC1. The fourth-order valence-electron chi connectivity index (χ4n) is 3.04. The number of tetrazole rings is 1. The van der Waals surface area contributed by atoms with Crippen LogP contribution >= 0.6 is 11.6 Å². The lowest BCUT2D eigenvalue weighted by Gasteiger charge is -2.34. The molecule has 0 aliphatic carbocycles. The molecular weight excluding hydrogens is 388 g/mol. The average Bonchev–Trinajstić information content (AvgIpc) is 3.19. The van der Waals surface area contributed by atoms with E-state index >= 15 is 0 Å². The number of nitrogens with zero attached hydrogens (tertiary/aromatic N) is 6. The maximum atomic E-state index is 12.9. The van der Waals surface area contributed by atoms with Crippen molar-refractivity contribution in [2.24, 2.45) is 0 Å². The quantitative estimate of drug-likeness (QED) is 0.659. The minimum atomic E-state index is -3.63. The third kappa shape index (κ3) is 3.41. The fourth-order valence-corrected chi connectivity index (χ4v) is 4.95. The third-order valence-corrected chi connectivity index (χ3v) is 6.83. The van der Waals surface area contributed by atoms with Gasteiger partial charge in [-0.15, -0.1) is 0 Å². The maximum Gasteiger partial charge on any atom is 0.250 e. The number of anilines is 1. The first-order chi connectivity index (χ1) is 13.1. The van der Waals surface area contributed by atoms with Gasteiger partial charge >= 0.3 is 0 Å². The summed E-state index contributed by atoms with van der Waals surface area (Å²) >= 11 is 6.08. The van der Waals surface area contributed by atoms with E-state index in [0.29, 0.717) is 32.1 Å². The van der Waals surface area contributed by atoms with Crippen LogP contribution < -0.4 is 4.90 Å². The second-order valence-electron chi connectivity index (χ2n) is 6.05. The number of halogens is 1. The van der Waals surface area contributed by atoms with Crippen molar-refractivity contribution in [2.75, 3.05) is 31.1 Å². The molecule has 0 N–H and O–H groups in total. The molecule has 1 aliphatic rings. The summed E-state index contributed by atoms with van der Waals surface area (Å²) < 4.78 is 28.8. The lowest BCUT2D eigenvalue weighted by atomic mass is 10.3. The van der Waals surface area contributed by atoms with E-state index in [0.717, 1.165) is 5.69 Å². The largest absolute Gasteiger partial charge is 0.337 e. The summed E-state index contributed by atoms with van der Waals surface area (Å²) in [5.41, 5.74) is 0.851. The van der Waals surface area contributed by atoms with E-state index in [2.05, 4.69) is 15.5 Å². The Hall–Kier alpha value is -2.49. The summed E-state index contributed by atoms with van der Waals surface area (Å²) in [6.45, 7) is 1.62. The first-order valence-electron chi connectivity index (χ1n) is 8.41. The Labute approximate surface area is 162 Å². The van der Waals surface area contributed by atoms with Gasteiger partial charge in [-0.3, -0.25) is 0 Å². The molecule has 1 fully saturated rings. The van der Waals surface area contributed by atoms with Gasteiger partial charge in [-0.2, -0.15) is 8.99 Å². The van der Waals surface area contributed by atoms with Gasteiger partial charge in [0.1, 0.15) is 4.90 Å². The highest BCUT2D eigenvalue weighted by atomic mass is 35.5. The summed E-state index contributed by atoms with van der Waals surface area (Å²) in [6.07, 6.45) is 0. The monoisotopic (exact) mass is 404 g/mol. The van der Waals surface area contributed by atoms with Crippen LogP contribution in [0.3, 0.4) is 0 Å². The predicted molar refractivity (Wildman–Crippen MR) is 102 cm³/mol. The van der Waals surface area contributed by atoms with E-state index in [1.807, 2.05) is 35.2 Å². The predicted octanol–water partition coefficient (Wildman–Crippen LogP) is 1.83. The van der Waals surface area contributed by atoms with Crippen molar-refractivity contribution in [1.29, 1.82) is 0 Å². The zero-order valence-corrected chi connectivity index (χ0v) is 15.9. The van der Waals surface area contributed by atoms with Crippen molar-refractivity contribution < 1.29 is 8.42 Å². The van der Waals surface area contributed by atoms with Crippen LogP contribution in [0.5, 0.6) is 0 Å². The van der Waals surface area contributed by atoms with Crippen molar-refractivity contribution in [3.8, 4) is 5.69 Å². The number of aromatic nitrogens is 4. The van der Waals surface area contributed by atoms with Crippen LogP contribution in [0.15, 0.2) is 59.5 Å². The molecule has 2 aromatic carbocycles. The first kappa shape index (κ1) is 17.9. The summed E-state index contributed by atoms with van der Waals surface area (Å²) in [5.74, 6) is 0.594. The molecule has 1 aliphatic heterocycles. The van der Waals surface area contributed by atoms with Crippen LogP contribution in [-0.4, -0.2) is 59.1 Å². The summed E-state index contributed by atoms with van der Waals surface area (Å²) in [6, 6.07) is 16.1. The lowest BCUT2D eigenvalue weighted by molar-refractivity contribution is 0.381. The van der Waals surface area contributed by atoms with Crippen molar-refractivity contribution in [3.05, 3.63) is 59.6 Å². The summed E-state index contributed by atoms with van der Waals surface area (Å²) in [4.78, 5) is 2.11. The number of rotatable bonds is 4. The van der Waals surface area contributed by atoms with Crippen molar-refractivity contribution in [1.82, 2.24) is 24.5 Å². The third-order valence-electron chi connectivity index (χ3n) is 4.43. The average molecular weight is 405 g/mol. The van der Waals surface area contributed by atoms with E-state index in [9.17, 15) is 8.42 Å². The van der Waals surface area contributed by atoms with Gasteiger partial charge in [0.05, 0.1) is 10.7 Å². The molecule has 10 heteroatoms. The first-order valence-corrected chi connectivity index (χ1v) is 10.2. The molecule has 0 spiro atoms. The Morgan fingerprint density at radius 3 is 2.26 bits per heavy atom. The molecule has 0 unspecified atom stereocenters. The van der Waals surface area contributed by atoms with Crippen LogP contribution in [0.4, 0.5) is 5.95 Å². The van der Waals surface area contributed by atoms with Crippen molar-refractivity contribution in [3.63, 3.8) is 0 Å². The normalized spacial score (nSPS) is 15.8.